The van der Waals surface area contributed by atoms with E-state index in [0.717, 1.165) is 19.5 Å². The molecule has 2 nitrogen and oxygen atoms in total. The smallest absolute Gasteiger partial charge is 0.0538 e. The van der Waals surface area contributed by atoms with Gasteiger partial charge in [0.2, 0.25) is 0 Å². The van der Waals surface area contributed by atoms with Crippen molar-refractivity contribution < 1.29 is 0 Å². The van der Waals surface area contributed by atoms with Crippen molar-refractivity contribution in [1.29, 1.82) is 0 Å². The van der Waals surface area contributed by atoms with Crippen molar-refractivity contribution in [2.24, 2.45) is 5.73 Å². The maximum absolute atomic E-state index is 6.68. The Morgan fingerprint density at radius 3 is 2.11 bits per heavy atom. The minimum absolute atomic E-state index is 0.288. The van der Waals surface area contributed by atoms with E-state index >= 15 is 0 Å². The summed E-state index contributed by atoms with van der Waals surface area (Å²) in [5, 5.41) is 0. The second kappa shape index (κ2) is 6.91. The number of nitrogens with zero attached hydrogens (tertiary/aromatic N) is 1. The molecule has 0 saturated heterocycles. The summed E-state index contributed by atoms with van der Waals surface area (Å²) in [4.78, 5) is 2.48. The summed E-state index contributed by atoms with van der Waals surface area (Å²) in [6, 6.07) is 10.9. The van der Waals surface area contributed by atoms with Gasteiger partial charge in [-0.25, -0.2) is 0 Å². The quantitative estimate of drug-likeness (QED) is 0.801. The zero-order valence-electron chi connectivity index (χ0n) is 12.3. The second-order valence-corrected chi connectivity index (χ2v) is 5.17. The van der Waals surface area contributed by atoms with Crippen molar-refractivity contribution in [1.82, 2.24) is 4.90 Å². The molecule has 0 saturated carbocycles. The molecule has 0 aliphatic rings. The summed E-state index contributed by atoms with van der Waals surface area (Å²) in [7, 11) is 0. The predicted molar refractivity (Wildman–Crippen MR) is 79.6 cm³/mol. The molecule has 0 aromatic heterocycles. The average molecular weight is 248 g/mol. The van der Waals surface area contributed by atoms with Crippen LogP contribution in [0.5, 0.6) is 0 Å². The molecule has 102 valence electrons. The summed E-state index contributed by atoms with van der Waals surface area (Å²) >= 11 is 0. The third-order valence-corrected chi connectivity index (χ3v) is 3.90. The van der Waals surface area contributed by atoms with Crippen molar-refractivity contribution in [2.45, 2.75) is 52.1 Å². The van der Waals surface area contributed by atoms with Crippen LogP contribution in [0.25, 0.3) is 0 Å². The molecule has 1 rings (SSSR count). The number of likely N-dealkylation sites (N-methyl/N-ethyl adjacent to an activating group) is 1. The minimum Gasteiger partial charge on any atom is -0.320 e. The van der Waals surface area contributed by atoms with E-state index in [1.165, 1.54) is 12.0 Å². The SMILES string of the molecule is CCCC(N(CC)CC)C(C)(N)c1ccccc1. The zero-order chi connectivity index (χ0) is 13.6. The van der Waals surface area contributed by atoms with Gasteiger partial charge < -0.3 is 5.73 Å². The Balaban J connectivity index is 3.03. The van der Waals surface area contributed by atoms with Crippen molar-refractivity contribution in [3.05, 3.63) is 35.9 Å². The van der Waals surface area contributed by atoms with Crippen molar-refractivity contribution in [2.75, 3.05) is 13.1 Å². The van der Waals surface area contributed by atoms with Gasteiger partial charge in [0.1, 0.15) is 0 Å². The van der Waals surface area contributed by atoms with E-state index in [9.17, 15) is 0 Å². The molecule has 2 heteroatoms. The summed E-state index contributed by atoms with van der Waals surface area (Å²) in [5.74, 6) is 0. The number of nitrogens with two attached hydrogens (primary N) is 1. The first kappa shape index (κ1) is 15.2. The van der Waals surface area contributed by atoms with E-state index in [1.54, 1.807) is 0 Å². The van der Waals surface area contributed by atoms with Gasteiger partial charge in [-0.3, -0.25) is 4.90 Å². The van der Waals surface area contributed by atoms with Gasteiger partial charge in [0.25, 0.3) is 0 Å². The van der Waals surface area contributed by atoms with Crippen LogP contribution >= 0.6 is 0 Å². The summed E-state index contributed by atoms with van der Waals surface area (Å²) < 4.78 is 0. The largest absolute Gasteiger partial charge is 0.320 e. The van der Waals surface area contributed by atoms with Crippen molar-refractivity contribution in [3.8, 4) is 0 Å². The lowest BCUT2D eigenvalue weighted by atomic mass is 9.82. The number of hydrogen-bond acceptors (Lipinski definition) is 2. The molecule has 0 aliphatic carbocycles. The van der Waals surface area contributed by atoms with Gasteiger partial charge in [0.05, 0.1) is 5.54 Å². The first-order valence-corrected chi connectivity index (χ1v) is 7.16. The molecule has 0 spiro atoms. The van der Waals surface area contributed by atoms with Crippen LogP contribution in [0.3, 0.4) is 0 Å². The second-order valence-electron chi connectivity index (χ2n) is 5.17. The molecule has 0 aliphatic heterocycles. The molecule has 0 radical (unpaired) electrons. The fraction of sp³-hybridized carbons (Fsp3) is 0.625. The van der Waals surface area contributed by atoms with Gasteiger partial charge in [-0.05, 0) is 32.0 Å². The van der Waals surface area contributed by atoms with Gasteiger partial charge in [-0.2, -0.15) is 0 Å². The maximum Gasteiger partial charge on any atom is 0.0538 e. The van der Waals surface area contributed by atoms with E-state index < -0.39 is 0 Å². The molecule has 2 unspecified atom stereocenters. The van der Waals surface area contributed by atoms with Crippen LogP contribution in [0.1, 0.15) is 46.1 Å². The van der Waals surface area contributed by atoms with Crippen LogP contribution in [-0.2, 0) is 5.54 Å². The Morgan fingerprint density at radius 2 is 1.67 bits per heavy atom. The number of rotatable bonds is 7. The van der Waals surface area contributed by atoms with Crippen LogP contribution in [0.4, 0.5) is 0 Å². The highest BCUT2D eigenvalue weighted by atomic mass is 15.2. The molecule has 2 atom stereocenters. The first-order valence-electron chi connectivity index (χ1n) is 7.16. The molecular weight excluding hydrogens is 220 g/mol. The van der Waals surface area contributed by atoms with Gasteiger partial charge in [-0.1, -0.05) is 57.5 Å². The molecule has 1 aromatic rings. The fourth-order valence-electron chi connectivity index (χ4n) is 2.79. The Kier molecular flexibility index (Phi) is 5.83. The van der Waals surface area contributed by atoms with E-state index in [-0.39, 0.29) is 5.54 Å². The minimum atomic E-state index is -0.288. The van der Waals surface area contributed by atoms with E-state index in [4.69, 9.17) is 5.73 Å². The monoisotopic (exact) mass is 248 g/mol. The van der Waals surface area contributed by atoms with Gasteiger partial charge in [-0.15, -0.1) is 0 Å². The summed E-state index contributed by atoms with van der Waals surface area (Å²) in [5.41, 5.74) is 7.62. The zero-order valence-corrected chi connectivity index (χ0v) is 12.3. The summed E-state index contributed by atoms with van der Waals surface area (Å²) in [6.45, 7) is 10.9. The molecule has 1 aromatic carbocycles. The normalized spacial score (nSPS) is 16.6. The van der Waals surface area contributed by atoms with Crippen LogP contribution in [0, 0.1) is 0 Å². The third-order valence-electron chi connectivity index (χ3n) is 3.90. The lowest BCUT2D eigenvalue weighted by Gasteiger charge is -2.41. The van der Waals surface area contributed by atoms with Gasteiger partial charge in [0.15, 0.2) is 0 Å². The predicted octanol–water partition coefficient (Wildman–Crippen LogP) is 3.37. The Morgan fingerprint density at radius 1 is 1.11 bits per heavy atom. The third kappa shape index (κ3) is 3.33. The van der Waals surface area contributed by atoms with Crippen molar-refractivity contribution >= 4 is 0 Å². The fourth-order valence-corrected chi connectivity index (χ4v) is 2.79. The topological polar surface area (TPSA) is 29.3 Å². The maximum atomic E-state index is 6.68. The van der Waals surface area contributed by atoms with E-state index in [0.29, 0.717) is 6.04 Å². The van der Waals surface area contributed by atoms with Crippen LogP contribution < -0.4 is 5.73 Å². The van der Waals surface area contributed by atoms with Crippen LogP contribution in [-0.4, -0.2) is 24.0 Å². The molecule has 2 N–H and O–H groups in total. The number of hydrogen-bond donors (Lipinski definition) is 1. The van der Waals surface area contributed by atoms with E-state index in [1.807, 2.05) is 6.07 Å². The van der Waals surface area contributed by atoms with Crippen LogP contribution in [0.15, 0.2) is 30.3 Å². The molecule has 18 heavy (non-hydrogen) atoms. The lowest BCUT2D eigenvalue weighted by Crippen LogP contribution is -2.54. The van der Waals surface area contributed by atoms with Crippen molar-refractivity contribution in [3.63, 3.8) is 0 Å². The number of benzene rings is 1. The molecule has 0 fully saturated rings. The molecular formula is C16H28N2. The highest BCUT2D eigenvalue weighted by Crippen LogP contribution is 2.28. The standard InChI is InChI=1S/C16H28N2/c1-5-11-15(18(6-2)7-3)16(4,17)14-12-9-8-10-13-14/h8-10,12-13,15H,5-7,11,17H2,1-4H3. The molecule has 0 amide bonds. The van der Waals surface area contributed by atoms with E-state index in [2.05, 4.69) is 56.9 Å². The molecule has 0 bridgehead atoms. The highest BCUT2D eigenvalue weighted by molar-refractivity contribution is 5.25. The van der Waals surface area contributed by atoms with Crippen LogP contribution in [0.2, 0.25) is 0 Å². The highest BCUT2D eigenvalue weighted by Gasteiger charge is 2.34. The summed E-state index contributed by atoms with van der Waals surface area (Å²) in [6.07, 6.45) is 2.31. The lowest BCUT2D eigenvalue weighted by molar-refractivity contribution is 0.129. The first-order chi connectivity index (χ1) is 8.57. The Labute approximate surface area is 112 Å². The average Bonchev–Trinajstić information content (AvgIpc) is 2.40. The Hall–Kier alpha value is -0.860. The van der Waals surface area contributed by atoms with Gasteiger partial charge >= 0.3 is 0 Å². The molecule has 0 heterocycles. The van der Waals surface area contributed by atoms with Gasteiger partial charge in [0, 0.05) is 6.04 Å². The Bertz CT molecular complexity index is 328.